The van der Waals surface area contributed by atoms with E-state index in [2.05, 4.69) is 79.1 Å². The topological polar surface area (TPSA) is 40.5 Å². The van der Waals surface area contributed by atoms with E-state index in [1.54, 1.807) is 0 Å². The number of phenols is 2. The third-order valence-electron chi connectivity index (χ3n) is 8.48. The van der Waals surface area contributed by atoms with Gasteiger partial charge in [-0.2, -0.15) is 0 Å². The Balaban J connectivity index is 0.000000252. The van der Waals surface area contributed by atoms with Crippen molar-refractivity contribution in [1.29, 1.82) is 0 Å². The van der Waals surface area contributed by atoms with Gasteiger partial charge in [0.15, 0.2) is 0 Å². The summed E-state index contributed by atoms with van der Waals surface area (Å²) < 4.78 is 0. The third-order valence-corrected chi connectivity index (χ3v) is 8.48. The maximum atomic E-state index is 9.93. The molecule has 0 amide bonds. The van der Waals surface area contributed by atoms with Crippen LogP contribution in [0.5, 0.6) is 11.5 Å². The summed E-state index contributed by atoms with van der Waals surface area (Å²) in [5.74, 6) is 15.0. The second kappa shape index (κ2) is 24.9. The van der Waals surface area contributed by atoms with Gasteiger partial charge in [-0.1, -0.05) is 188 Å². The second-order valence-electron chi connectivity index (χ2n) is 14.2. The van der Waals surface area contributed by atoms with E-state index in [1.165, 1.54) is 0 Å². The van der Waals surface area contributed by atoms with Gasteiger partial charge in [0.1, 0.15) is 11.5 Å². The molecule has 0 unspecified atom stereocenters. The van der Waals surface area contributed by atoms with Gasteiger partial charge in [-0.05, 0) is 94.5 Å². The van der Waals surface area contributed by atoms with Gasteiger partial charge in [-0.25, -0.2) is 0 Å². The summed E-state index contributed by atoms with van der Waals surface area (Å²) in [6.07, 6.45) is 0. The number of hydrogen-bond acceptors (Lipinski definition) is 2. The van der Waals surface area contributed by atoms with Crippen LogP contribution in [0.3, 0.4) is 0 Å². The molecule has 0 bridgehead atoms. The van der Waals surface area contributed by atoms with Crippen molar-refractivity contribution in [1.82, 2.24) is 0 Å². The number of benzene rings is 6. The van der Waals surface area contributed by atoms with E-state index in [-0.39, 0.29) is 21.1 Å². The molecule has 2 N–H and O–H groups in total. The van der Waals surface area contributed by atoms with Crippen molar-refractivity contribution in [2.24, 2.45) is 0 Å². The summed E-state index contributed by atoms with van der Waals surface area (Å²) in [5, 5.41) is 19.9. The van der Waals surface area contributed by atoms with Gasteiger partial charge in [-0.3, -0.25) is 0 Å². The van der Waals surface area contributed by atoms with Gasteiger partial charge in [0.25, 0.3) is 0 Å². The van der Waals surface area contributed by atoms with E-state index in [9.17, 15) is 10.2 Å². The van der Waals surface area contributed by atoms with E-state index in [0.717, 1.165) is 44.5 Å². The minimum atomic E-state index is 0. The Hall–Kier alpha value is -5.27. The fourth-order valence-corrected chi connectivity index (χ4v) is 5.40. The van der Waals surface area contributed by atoms with Gasteiger partial charge in [0.05, 0.1) is 0 Å². The number of phenolic OH excluding ortho intramolecular Hbond substituents is 2. The average molecular weight is 897 g/mol. The van der Waals surface area contributed by atoms with Crippen molar-refractivity contribution in [2.45, 2.75) is 79.1 Å². The van der Waals surface area contributed by atoms with Gasteiger partial charge in [0.2, 0.25) is 0 Å². The number of hydrogen-bond donors (Lipinski definition) is 2. The normalized spacial score (nSPS) is 9.82. The molecule has 6 rings (SSSR count). The van der Waals surface area contributed by atoms with E-state index >= 15 is 0 Å². The molecule has 0 aromatic heterocycles. The molecule has 6 aromatic rings. The fraction of sp³-hybridized carbons (Fsp3) is 0.231. The molecule has 0 heterocycles. The molecule has 0 spiro atoms. The Morgan fingerprint density at radius 1 is 0.291 bits per heavy atom. The van der Waals surface area contributed by atoms with Crippen LogP contribution in [0.15, 0.2) is 158 Å². The zero-order chi connectivity index (χ0) is 39.3. The molecule has 6 aromatic carbocycles. The number of para-hydroxylation sites is 2. The Morgan fingerprint density at radius 2 is 0.473 bits per heavy atom. The van der Waals surface area contributed by atoms with Gasteiger partial charge < -0.3 is 10.2 Å². The van der Waals surface area contributed by atoms with E-state index in [0.29, 0.717) is 35.2 Å². The van der Waals surface area contributed by atoms with Gasteiger partial charge in [-0.15, -0.1) is 0 Å². The summed E-state index contributed by atoms with van der Waals surface area (Å²) >= 11 is 0. The Morgan fingerprint density at radius 3 is 0.636 bits per heavy atom. The first-order chi connectivity index (χ1) is 26.0. The molecule has 0 atom stereocenters. The van der Waals surface area contributed by atoms with Crippen LogP contribution in [0, 0.1) is 23.7 Å². The van der Waals surface area contributed by atoms with Crippen molar-refractivity contribution in [3.8, 4) is 35.2 Å². The molecule has 2 nitrogen and oxygen atoms in total. The van der Waals surface area contributed by atoms with Crippen LogP contribution in [-0.2, 0) is 21.1 Å². The Bertz CT molecular complexity index is 1790. The van der Waals surface area contributed by atoms with Crippen LogP contribution in [0.4, 0.5) is 0 Å². The van der Waals surface area contributed by atoms with Crippen LogP contribution in [0.1, 0.15) is 124 Å². The number of rotatable bonds is 4. The monoisotopic (exact) mass is 896 g/mol. The molecule has 55 heavy (non-hydrogen) atoms. The predicted molar refractivity (Wildman–Crippen MR) is 230 cm³/mol. The summed E-state index contributed by atoms with van der Waals surface area (Å²) in [6, 6.07) is 52.0. The van der Waals surface area contributed by atoms with Gasteiger partial charge >= 0.3 is 0 Å². The summed E-state index contributed by atoms with van der Waals surface area (Å²) in [4.78, 5) is 0. The largest absolute Gasteiger partial charge is 0.507 e. The van der Waals surface area contributed by atoms with E-state index < -0.39 is 0 Å². The molecule has 0 radical (unpaired) electrons. The van der Waals surface area contributed by atoms with Crippen LogP contribution < -0.4 is 0 Å². The van der Waals surface area contributed by atoms with Crippen LogP contribution >= 0.6 is 0 Å². The molecular weight excluding hydrogens is 840 g/mol. The fourth-order valence-electron chi connectivity index (χ4n) is 5.40. The van der Waals surface area contributed by atoms with Crippen molar-refractivity contribution in [3.63, 3.8) is 0 Å². The number of aromatic hydroxyl groups is 2. The summed E-state index contributed by atoms with van der Waals surface area (Å²) in [6.45, 7) is 16.8. The summed E-state index contributed by atoms with van der Waals surface area (Å²) in [7, 11) is 0. The average Bonchev–Trinajstić information content (AvgIpc) is 3.18. The minimum Gasteiger partial charge on any atom is -0.507 e. The molecule has 0 aliphatic rings. The smallest absolute Gasteiger partial charge is 0.122 e. The maximum absolute atomic E-state index is 9.93. The van der Waals surface area contributed by atoms with Crippen molar-refractivity contribution < 1.29 is 31.3 Å². The predicted octanol–water partition coefficient (Wildman–Crippen LogP) is 13.4. The van der Waals surface area contributed by atoms with Crippen molar-refractivity contribution in [3.05, 3.63) is 202 Å². The Kier molecular flexibility index (Phi) is 20.8. The zero-order valence-corrected chi connectivity index (χ0v) is 36.6. The molecular formula is C52H56O2W. The zero-order valence-electron chi connectivity index (χ0n) is 33.6. The van der Waals surface area contributed by atoms with Crippen molar-refractivity contribution in [2.75, 3.05) is 0 Å². The van der Waals surface area contributed by atoms with Crippen LogP contribution in [0.2, 0.25) is 0 Å². The summed E-state index contributed by atoms with van der Waals surface area (Å²) in [5.41, 5.74) is 8.40. The molecule has 0 aliphatic carbocycles. The maximum Gasteiger partial charge on any atom is 0.122 e. The van der Waals surface area contributed by atoms with Gasteiger partial charge in [0, 0.05) is 43.3 Å². The Labute approximate surface area is 346 Å². The molecule has 0 aliphatic heterocycles. The second-order valence-corrected chi connectivity index (χ2v) is 14.2. The quantitative estimate of drug-likeness (QED) is 0.173. The molecule has 3 heteroatoms. The third kappa shape index (κ3) is 16.3. The van der Waals surface area contributed by atoms with Crippen LogP contribution in [-0.4, -0.2) is 10.2 Å². The SMILES string of the molecule is C(#Cc1ccccc1)c1ccccc1.C(#Cc1ccccc1)c1ccccc1.CC(C)c1cccc(C(C)C)c1O.CC(C)c1cccc(C(C)C)c1O.[W]. The van der Waals surface area contributed by atoms with E-state index in [1.807, 2.05) is 158 Å². The van der Waals surface area contributed by atoms with Crippen LogP contribution in [0.25, 0.3) is 0 Å². The first-order valence-corrected chi connectivity index (χ1v) is 18.9. The van der Waals surface area contributed by atoms with E-state index in [4.69, 9.17) is 0 Å². The molecule has 0 fully saturated rings. The van der Waals surface area contributed by atoms with Crippen molar-refractivity contribution >= 4 is 0 Å². The molecule has 282 valence electrons. The first-order valence-electron chi connectivity index (χ1n) is 18.9. The standard InChI is InChI=1S/2C14H10.2C12H18O.W/c2*1-3-7-13(8-4-1)11-12-14-9-5-2-6-10-14;2*1-8(2)10-6-5-7-11(9(3)4)12(10)13;/h2*1-10H;2*5-9,13H,1-4H3;. The molecule has 0 saturated carbocycles. The molecule has 0 saturated heterocycles. The minimum absolute atomic E-state index is 0. The first kappa shape index (κ1) is 45.9.